The number of benzene rings is 2. The molecule has 0 saturated heterocycles. The Morgan fingerprint density at radius 3 is 2.59 bits per heavy atom. The maximum Gasteiger partial charge on any atom is 0.263 e. The van der Waals surface area contributed by atoms with Crippen LogP contribution in [0.15, 0.2) is 57.9 Å². The molecule has 1 aliphatic heterocycles. The maximum atomic E-state index is 13.0. The van der Waals surface area contributed by atoms with Crippen molar-refractivity contribution in [1.82, 2.24) is 10.1 Å². The average molecular weight is 474 g/mol. The second kappa shape index (κ2) is 8.54. The number of sulfonamides is 1. The van der Waals surface area contributed by atoms with Gasteiger partial charge in [-0.3, -0.25) is 9.62 Å². The van der Waals surface area contributed by atoms with Gasteiger partial charge in [0, 0.05) is 35.6 Å². The SMILES string of the molecule is CC(c1cccc(Cl)c1)N1CCc2ccc(S(=O)(=O)Nc3cc(C(C)(C)C)on3)cc2C1. The van der Waals surface area contributed by atoms with E-state index in [2.05, 4.69) is 27.8 Å². The zero-order valence-corrected chi connectivity index (χ0v) is 20.3. The molecule has 1 unspecified atom stereocenters. The lowest BCUT2D eigenvalue weighted by Crippen LogP contribution is -2.33. The fraction of sp³-hybridized carbons (Fsp3) is 0.375. The van der Waals surface area contributed by atoms with Crippen molar-refractivity contribution < 1.29 is 12.9 Å². The summed E-state index contributed by atoms with van der Waals surface area (Å²) >= 11 is 6.17. The molecule has 0 bridgehead atoms. The Kier molecular flexibility index (Phi) is 6.09. The minimum Gasteiger partial charge on any atom is -0.359 e. The van der Waals surface area contributed by atoms with Crippen LogP contribution in [0.25, 0.3) is 0 Å². The highest BCUT2D eigenvalue weighted by atomic mass is 35.5. The van der Waals surface area contributed by atoms with Crippen molar-refractivity contribution in [3.63, 3.8) is 0 Å². The second-order valence-corrected chi connectivity index (χ2v) is 11.4. The summed E-state index contributed by atoms with van der Waals surface area (Å²) in [6.07, 6.45) is 0.867. The highest BCUT2D eigenvalue weighted by Crippen LogP contribution is 2.31. The van der Waals surface area contributed by atoms with E-state index in [0.29, 0.717) is 17.3 Å². The molecule has 0 fully saturated rings. The lowest BCUT2D eigenvalue weighted by molar-refractivity contribution is 0.192. The van der Waals surface area contributed by atoms with E-state index in [1.165, 1.54) is 5.56 Å². The number of hydrogen-bond acceptors (Lipinski definition) is 5. The third-order valence-corrected chi connectivity index (χ3v) is 7.48. The third kappa shape index (κ3) is 4.85. The van der Waals surface area contributed by atoms with E-state index in [1.54, 1.807) is 18.2 Å². The standard InChI is InChI=1S/C24H28ClN3O3S/c1-16(18-6-5-7-20(25)12-18)28-11-10-17-8-9-21(13-19(17)15-28)32(29,30)27-23-14-22(31-26-23)24(2,3)4/h5-9,12-14,16H,10-11,15H2,1-4H3,(H,26,27). The van der Waals surface area contributed by atoms with Gasteiger partial charge in [-0.2, -0.15) is 0 Å². The first kappa shape index (κ1) is 22.8. The molecule has 1 aliphatic rings. The lowest BCUT2D eigenvalue weighted by Gasteiger charge is -2.34. The molecule has 4 rings (SSSR count). The lowest BCUT2D eigenvalue weighted by atomic mass is 9.93. The molecule has 3 aromatic rings. The van der Waals surface area contributed by atoms with Crippen LogP contribution in [0.2, 0.25) is 5.02 Å². The Balaban J connectivity index is 1.54. The number of fused-ring (bicyclic) bond motifs is 1. The van der Waals surface area contributed by atoms with Gasteiger partial charge in [0.25, 0.3) is 10.0 Å². The summed E-state index contributed by atoms with van der Waals surface area (Å²) in [6.45, 7) is 9.66. The molecule has 1 N–H and O–H groups in total. The number of halogens is 1. The molecule has 0 amide bonds. The zero-order valence-electron chi connectivity index (χ0n) is 18.7. The van der Waals surface area contributed by atoms with Gasteiger partial charge in [0.2, 0.25) is 0 Å². The van der Waals surface area contributed by atoms with Crippen LogP contribution in [0.3, 0.4) is 0 Å². The van der Waals surface area contributed by atoms with Crippen LogP contribution in [-0.2, 0) is 28.4 Å². The molecule has 0 radical (unpaired) electrons. The van der Waals surface area contributed by atoms with Crippen LogP contribution in [0.1, 0.15) is 56.2 Å². The summed E-state index contributed by atoms with van der Waals surface area (Å²) in [5.41, 5.74) is 3.08. The Hall–Kier alpha value is -2.35. The van der Waals surface area contributed by atoms with E-state index in [0.717, 1.165) is 24.1 Å². The van der Waals surface area contributed by atoms with Crippen LogP contribution in [-0.4, -0.2) is 25.0 Å². The van der Waals surface area contributed by atoms with Gasteiger partial charge in [0.1, 0.15) is 5.76 Å². The first-order chi connectivity index (χ1) is 15.0. The Morgan fingerprint density at radius 2 is 1.91 bits per heavy atom. The minimum absolute atomic E-state index is 0.172. The van der Waals surface area contributed by atoms with E-state index < -0.39 is 10.0 Å². The van der Waals surface area contributed by atoms with Crippen molar-refractivity contribution in [3.8, 4) is 0 Å². The Labute approximate surface area is 194 Å². The summed E-state index contributed by atoms with van der Waals surface area (Å²) in [6, 6.07) is 15.0. The molecule has 2 heterocycles. The number of nitrogens with one attached hydrogen (secondary N) is 1. The Morgan fingerprint density at radius 1 is 1.12 bits per heavy atom. The maximum absolute atomic E-state index is 13.0. The number of nitrogens with zero attached hydrogens (tertiary/aromatic N) is 2. The second-order valence-electron chi connectivity index (χ2n) is 9.31. The van der Waals surface area contributed by atoms with Crippen LogP contribution >= 0.6 is 11.6 Å². The number of hydrogen-bond donors (Lipinski definition) is 1. The molecule has 0 aliphatic carbocycles. The fourth-order valence-corrected chi connectivity index (χ4v) is 5.14. The van der Waals surface area contributed by atoms with Crippen LogP contribution in [0, 0.1) is 0 Å². The summed E-state index contributed by atoms with van der Waals surface area (Å²) in [4.78, 5) is 2.55. The zero-order chi connectivity index (χ0) is 23.1. The van der Waals surface area contributed by atoms with Crippen molar-refractivity contribution in [2.45, 2.75) is 57.0 Å². The molecule has 1 aromatic heterocycles. The van der Waals surface area contributed by atoms with Crippen molar-refractivity contribution in [3.05, 3.63) is 76.0 Å². The Bertz CT molecular complexity index is 1230. The molecule has 0 spiro atoms. The smallest absolute Gasteiger partial charge is 0.263 e. The van der Waals surface area contributed by atoms with Gasteiger partial charge in [0.05, 0.1) is 4.90 Å². The molecule has 6 nitrogen and oxygen atoms in total. The van der Waals surface area contributed by atoms with Gasteiger partial charge < -0.3 is 4.52 Å². The van der Waals surface area contributed by atoms with Gasteiger partial charge in [-0.25, -0.2) is 8.42 Å². The van der Waals surface area contributed by atoms with Crippen LogP contribution in [0.4, 0.5) is 5.82 Å². The summed E-state index contributed by atoms with van der Waals surface area (Å²) in [5.74, 6) is 0.801. The molecule has 2 aromatic carbocycles. The summed E-state index contributed by atoms with van der Waals surface area (Å²) in [5, 5.41) is 4.59. The average Bonchev–Trinajstić information content (AvgIpc) is 3.21. The van der Waals surface area contributed by atoms with Crippen molar-refractivity contribution in [2.75, 3.05) is 11.3 Å². The molecular formula is C24H28ClN3O3S. The third-order valence-electron chi connectivity index (χ3n) is 5.90. The monoisotopic (exact) mass is 473 g/mol. The number of rotatable bonds is 5. The van der Waals surface area contributed by atoms with E-state index in [4.69, 9.17) is 16.1 Å². The molecule has 8 heteroatoms. The van der Waals surface area contributed by atoms with Gasteiger partial charge in [-0.1, -0.05) is 55.7 Å². The normalized spacial score (nSPS) is 15.9. The predicted molar refractivity (Wildman–Crippen MR) is 126 cm³/mol. The predicted octanol–water partition coefficient (Wildman–Crippen LogP) is 5.55. The summed E-state index contributed by atoms with van der Waals surface area (Å²) < 4.78 is 33.8. The largest absolute Gasteiger partial charge is 0.359 e. The van der Waals surface area contributed by atoms with E-state index in [9.17, 15) is 8.42 Å². The fourth-order valence-electron chi connectivity index (χ4n) is 3.90. The summed E-state index contributed by atoms with van der Waals surface area (Å²) in [7, 11) is -3.78. The quantitative estimate of drug-likeness (QED) is 0.526. The van der Waals surface area contributed by atoms with Gasteiger partial charge >= 0.3 is 0 Å². The first-order valence-corrected chi connectivity index (χ1v) is 12.5. The van der Waals surface area contributed by atoms with Gasteiger partial charge in [-0.05, 0) is 54.3 Å². The molecule has 1 atom stereocenters. The number of anilines is 1. The van der Waals surface area contributed by atoms with Crippen molar-refractivity contribution >= 4 is 27.4 Å². The highest BCUT2D eigenvalue weighted by molar-refractivity contribution is 7.92. The van der Waals surface area contributed by atoms with Gasteiger partial charge in [0.15, 0.2) is 5.82 Å². The van der Waals surface area contributed by atoms with E-state index in [-0.39, 0.29) is 22.2 Å². The molecule has 0 saturated carbocycles. The van der Waals surface area contributed by atoms with Crippen LogP contribution in [0.5, 0.6) is 0 Å². The van der Waals surface area contributed by atoms with Gasteiger partial charge in [-0.15, -0.1) is 0 Å². The molecular weight excluding hydrogens is 446 g/mol. The minimum atomic E-state index is -3.78. The number of aromatic nitrogens is 1. The van der Waals surface area contributed by atoms with Crippen molar-refractivity contribution in [1.29, 1.82) is 0 Å². The first-order valence-electron chi connectivity index (χ1n) is 10.6. The van der Waals surface area contributed by atoms with E-state index >= 15 is 0 Å². The van der Waals surface area contributed by atoms with E-state index in [1.807, 2.05) is 45.0 Å². The molecule has 170 valence electrons. The topological polar surface area (TPSA) is 75.4 Å². The van der Waals surface area contributed by atoms with Crippen molar-refractivity contribution in [2.24, 2.45) is 0 Å². The van der Waals surface area contributed by atoms with Crippen LogP contribution < -0.4 is 4.72 Å². The molecule has 32 heavy (non-hydrogen) atoms. The highest BCUT2D eigenvalue weighted by Gasteiger charge is 2.26.